The van der Waals surface area contributed by atoms with Crippen LogP contribution in [-0.2, 0) is 24.2 Å². The zero-order chi connectivity index (χ0) is 25.2. The summed E-state index contributed by atoms with van der Waals surface area (Å²) in [6.07, 6.45) is 2.81. The van der Waals surface area contributed by atoms with Gasteiger partial charge in [0.2, 0.25) is 5.91 Å². The molecule has 7 heteroatoms. The van der Waals surface area contributed by atoms with Crippen LogP contribution in [0.25, 0.3) is 11.0 Å². The maximum Gasteiger partial charge on any atom is 0.224 e. The van der Waals surface area contributed by atoms with Gasteiger partial charge in [-0.2, -0.15) is 0 Å². The summed E-state index contributed by atoms with van der Waals surface area (Å²) in [4.78, 5) is 17.2. The van der Waals surface area contributed by atoms with Crippen LogP contribution >= 0.6 is 0 Å². The number of nitrogens with one attached hydrogen (secondary N) is 1. The SMILES string of the molecule is COc1ccc(CC(=O)NCCCc2nc3ccccc3n2CCCOc2cccc(OC)c2)cc1. The lowest BCUT2D eigenvalue weighted by molar-refractivity contribution is -0.120. The number of carbonyl (C=O) groups is 1. The number of aryl methyl sites for hydroxylation is 2. The highest BCUT2D eigenvalue weighted by Crippen LogP contribution is 2.20. The van der Waals surface area contributed by atoms with E-state index in [0.717, 1.165) is 65.5 Å². The van der Waals surface area contributed by atoms with E-state index < -0.39 is 0 Å². The number of amides is 1. The van der Waals surface area contributed by atoms with E-state index in [1.54, 1.807) is 14.2 Å². The van der Waals surface area contributed by atoms with E-state index in [2.05, 4.69) is 16.0 Å². The fourth-order valence-electron chi connectivity index (χ4n) is 4.14. The lowest BCUT2D eigenvalue weighted by Crippen LogP contribution is -2.26. The largest absolute Gasteiger partial charge is 0.497 e. The molecule has 0 radical (unpaired) electrons. The maximum atomic E-state index is 12.3. The standard InChI is InChI=1S/C29H33N3O4/c1-34-23-15-13-22(14-16-23)20-29(33)30-17-6-12-28-31-26-10-3-4-11-27(26)32(28)18-7-19-36-25-9-5-8-24(21-25)35-2/h3-5,8-11,13-16,21H,6-7,12,17-20H2,1-2H3,(H,30,33). The molecule has 1 aromatic heterocycles. The Kier molecular flexibility index (Phi) is 8.81. The van der Waals surface area contributed by atoms with Gasteiger partial charge in [-0.25, -0.2) is 4.98 Å². The smallest absolute Gasteiger partial charge is 0.224 e. The third kappa shape index (κ3) is 6.78. The molecule has 0 aliphatic heterocycles. The molecule has 0 aliphatic rings. The maximum absolute atomic E-state index is 12.3. The lowest BCUT2D eigenvalue weighted by atomic mass is 10.1. The van der Waals surface area contributed by atoms with Crippen molar-refractivity contribution in [1.29, 1.82) is 0 Å². The van der Waals surface area contributed by atoms with Gasteiger partial charge in [0.25, 0.3) is 0 Å². The van der Waals surface area contributed by atoms with Crippen LogP contribution in [0.1, 0.15) is 24.2 Å². The van der Waals surface area contributed by atoms with Gasteiger partial charge in [0, 0.05) is 25.6 Å². The predicted molar refractivity (Wildman–Crippen MR) is 141 cm³/mol. The molecule has 0 saturated carbocycles. The number of imidazole rings is 1. The van der Waals surface area contributed by atoms with Crippen molar-refractivity contribution in [2.24, 2.45) is 0 Å². The Morgan fingerprint density at radius 3 is 2.47 bits per heavy atom. The molecular weight excluding hydrogens is 454 g/mol. The van der Waals surface area contributed by atoms with Crippen LogP contribution in [0.15, 0.2) is 72.8 Å². The van der Waals surface area contributed by atoms with Crippen LogP contribution in [0.4, 0.5) is 0 Å². The van der Waals surface area contributed by atoms with E-state index in [1.165, 1.54) is 0 Å². The first-order valence-corrected chi connectivity index (χ1v) is 12.3. The van der Waals surface area contributed by atoms with Gasteiger partial charge in [-0.3, -0.25) is 4.79 Å². The number of ether oxygens (including phenoxy) is 3. The molecule has 1 heterocycles. The minimum Gasteiger partial charge on any atom is -0.497 e. The number of benzene rings is 3. The second-order valence-corrected chi connectivity index (χ2v) is 8.53. The quantitative estimate of drug-likeness (QED) is 0.274. The molecule has 188 valence electrons. The summed E-state index contributed by atoms with van der Waals surface area (Å²) < 4.78 is 18.6. The van der Waals surface area contributed by atoms with Crippen molar-refractivity contribution in [1.82, 2.24) is 14.9 Å². The summed E-state index contributed by atoms with van der Waals surface area (Å²) >= 11 is 0. The van der Waals surface area contributed by atoms with Crippen molar-refractivity contribution in [2.75, 3.05) is 27.4 Å². The average Bonchev–Trinajstić information content (AvgIpc) is 3.27. The molecule has 0 aliphatic carbocycles. The highest BCUT2D eigenvalue weighted by atomic mass is 16.5. The van der Waals surface area contributed by atoms with Gasteiger partial charge in [0.05, 0.1) is 38.3 Å². The van der Waals surface area contributed by atoms with Crippen molar-refractivity contribution < 1.29 is 19.0 Å². The highest BCUT2D eigenvalue weighted by molar-refractivity contribution is 5.78. The first-order valence-electron chi connectivity index (χ1n) is 12.3. The van der Waals surface area contributed by atoms with Crippen LogP contribution in [0.3, 0.4) is 0 Å². The first kappa shape index (κ1) is 25.1. The minimum atomic E-state index is 0.0170. The number of fused-ring (bicyclic) bond motifs is 1. The van der Waals surface area contributed by atoms with Crippen LogP contribution in [0.2, 0.25) is 0 Å². The van der Waals surface area contributed by atoms with E-state index >= 15 is 0 Å². The first-order chi connectivity index (χ1) is 17.7. The Balaban J connectivity index is 1.27. The Labute approximate surface area is 212 Å². The van der Waals surface area contributed by atoms with Crippen LogP contribution in [-0.4, -0.2) is 42.8 Å². The number of methoxy groups -OCH3 is 2. The van der Waals surface area contributed by atoms with Gasteiger partial charge < -0.3 is 24.1 Å². The predicted octanol–water partition coefficient (Wildman–Crippen LogP) is 4.81. The molecular formula is C29H33N3O4. The molecule has 1 amide bonds. The molecule has 0 spiro atoms. The number of carbonyl (C=O) groups excluding carboxylic acids is 1. The number of aromatic nitrogens is 2. The highest BCUT2D eigenvalue weighted by Gasteiger charge is 2.11. The zero-order valence-corrected chi connectivity index (χ0v) is 20.9. The van der Waals surface area contributed by atoms with Crippen molar-refractivity contribution in [3.8, 4) is 17.2 Å². The van der Waals surface area contributed by atoms with Crippen molar-refractivity contribution in [2.45, 2.75) is 32.2 Å². The number of hydrogen-bond acceptors (Lipinski definition) is 5. The second-order valence-electron chi connectivity index (χ2n) is 8.53. The Morgan fingerprint density at radius 1 is 0.889 bits per heavy atom. The minimum absolute atomic E-state index is 0.0170. The van der Waals surface area contributed by atoms with E-state index in [-0.39, 0.29) is 5.91 Å². The molecule has 0 bridgehead atoms. The van der Waals surface area contributed by atoms with Gasteiger partial charge in [-0.1, -0.05) is 30.3 Å². The van der Waals surface area contributed by atoms with Crippen LogP contribution < -0.4 is 19.5 Å². The van der Waals surface area contributed by atoms with E-state index in [1.807, 2.05) is 66.7 Å². The zero-order valence-electron chi connectivity index (χ0n) is 20.9. The van der Waals surface area contributed by atoms with Gasteiger partial charge >= 0.3 is 0 Å². The monoisotopic (exact) mass is 487 g/mol. The van der Waals surface area contributed by atoms with Gasteiger partial charge in [0.15, 0.2) is 0 Å². The summed E-state index contributed by atoms with van der Waals surface area (Å²) in [6, 6.07) is 23.4. The number of para-hydroxylation sites is 2. The fraction of sp³-hybridized carbons (Fsp3) is 0.310. The van der Waals surface area contributed by atoms with Crippen LogP contribution in [0.5, 0.6) is 17.2 Å². The Morgan fingerprint density at radius 2 is 1.67 bits per heavy atom. The van der Waals surface area contributed by atoms with E-state index in [0.29, 0.717) is 19.6 Å². The molecule has 0 atom stereocenters. The van der Waals surface area contributed by atoms with Gasteiger partial charge in [0.1, 0.15) is 23.1 Å². The summed E-state index contributed by atoms with van der Waals surface area (Å²) in [5, 5.41) is 3.03. The lowest BCUT2D eigenvalue weighted by Gasteiger charge is -2.11. The third-order valence-corrected chi connectivity index (χ3v) is 5.99. The number of hydrogen-bond donors (Lipinski definition) is 1. The van der Waals surface area contributed by atoms with E-state index in [4.69, 9.17) is 19.2 Å². The van der Waals surface area contributed by atoms with Crippen molar-refractivity contribution in [3.63, 3.8) is 0 Å². The molecule has 0 saturated heterocycles. The summed E-state index contributed by atoms with van der Waals surface area (Å²) in [5.74, 6) is 3.42. The molecule has 7 nitrogen and oxygen atoms in total. The fourth-order valence-corrected chi connectivity index (χ4v) is 4.14. The number of rotatable bonds is 13. The second kappa shape index (κ2) is 12.6. The summed E-state index contributed by atoms with van der Waals surface area (Å²) in [7, 11) is 3.28. The number of nitrogens with zero attached hydrogens (tertiary/aromatic N) is 2. The van der Waals surface area contributed by atoms with Gasteiger partial charge in [-0.05, 0) is 54.8 Å². The molecule has 0 fully saturated rings. The van der Waals surface area contributed by atoms with E-state index in [9.17, 15) is 4.79 Å². The average molecular weight is 488 g/mol. The molecule has 1 N–H and O–H groups in total. The molecule has 36 heavy (non-hydrogen) atoms. The topological polar surface area (TPSA) is 74.6 Å². The molecule has 4 rings (SSSR count). The normalized spacial score (nSPS) is 10.8. The van der Waals surface area contributed by atoms with Crippen molar-refractivity contribution in [3.05, 3.63) is 84.2 Å². The molecule has 4 aromatic rings. The Hall–Kier alpha value is -4.00. The molecule has 0 unspecified atom stereocenters. The summed E-state index contributed by atoms with van der Waals surface area (Å²) in [5.41, 5.74) is 3.08. The Bertz CT molecular complexity index is 1270. The van der Waals surface area contributed by atoms with Crippen LogP contribution in [0, 0.1) is 0 Å². The van der Waals surface area contributed by atoms with Crippen molar-refractivity contribution >= 4 is 16.9 Å². The summed E-state index contributed by atoms with van der Waals surface area (Å²) in [6.45, 7) is 2.02. The third-order valence-electron chi connectivity index (χ3n) is 5.99. The molecule has 3 aromatic carbocycles. The van der Waals surface area contributed by atoms with Gasteiger partial charge in [-0.15, -0.1) is 0 Å².